The molecule has 86 valence electrons. The molecule has 3 heteroatoms. The lowest BCUT2D eigenvalue weighted by Crippen LogP contribution is -2.24. The molecule has 0 atom stereocenters. The highest BCUT2D eigenvalue weighted by Gasteiger charge is 2.21. The van der Waals surface area contributed by atoms with Gasteiger partial charge in [0.05, 0.1) is 0 Å². The average Bonchev–Trinajstić information content (AvgIpc) is 2.33. The molecule has 1 saturated heterocycles. The molecule has 0 unspecified atom stereocenters. The Balaban J connectivity index is 1.93. The summed E-state index contributed by atoms with van der Waals surface area (Å²) in [7, 11) is 0. The molecule has 0 spiro atoms. The van der Waals surface area contributed by atoms with Crippen molar-refractivity contribution >= 4 is 17.4 Å². The van der Waals surface area contributed by atoms with Gasteiger partial charge in [-0.1, -0.05) is 23.7 Å². The number of ketones is 1. The van der Waals surface area contributed by atoms with E-state index in [4.69, 9.17) is 16.3 Å². The number of hydrogen-bond donors (Lipinski definition) is 0. The van der Waals surface area contributed by atoms with E-state index in [0.717, 1.165) is 31.6 Å². The Kier molecular flexibility index (Phi) is 3.97. The monoisotopic (exact) mass is 238 g/mol. The molecule has 1 aliphatic heterocycles. The zero-order valence-electron chi connectivity index (χ0n) is 9.12. The van der Waals surface area contributed by atoms with Gasteiger partial charge in [-0.3, -0.25) is 4.79 Å². The Morgan fingerprint density at radius 3 is 2.50 bits per heavy atom. The van der Waals surface area contributed by atoms with Crippen molar-refractivity contribution in [2.24, 2.45) is 5.92 Å². The third-order valence-electron chi connectivity index (χ3n) is 2.97. The second-order valence-corrected chi connectivity index (χ2v) is 4.59. The fraction of sp³-hybridized carbons (Fsp3) is 0.462. The van der Waals surface area contributed by atoms with Crippen LogP contribution < -0.4 is 0 Å². The second-order valence-electron chi connectivity index (χ2n) is 4.16. The van der Waals surface area contributed by atoms with E-state index in [0.29, 0.717) is 17.2 Å². The van der Waals surface area contributed by atoms with Crippen molar-refractivity contribution in [3.63, 3.8) is 0 Å². The molecule has 1 heterocycles. The van der Waals surface area contributed by atoms with Gasteiger partial charge in [-0.25, -0.2) is 0 Å². The molecule has 2 nitrogen and oxygen atoms in total. The molecule has 0 radical (unpaired) electrons. The number of hydrogen-bond acceptors (Lipinski definition) is 2. The Morgan fingerprint density at radius 2 is 1.88 bits per heavy atom. The minimum absolute atomic E-state index is 0.185. The van der Waals surface area contributed by atoms with Gasteiger partial charge in [0.1, 0.15) is 5.78 Å². The molecule has 0 bridgehead atoms. The molecule has 1 aromatic rings. The van der Waals surface area contributed by atoms with E-state index in [-0.39, 0.29) is 5.92 Å². The molecule has 0 amide bonds. The smallest absolute Gasteiger partial charge is 0.140 e. The van der Waals surface area contributed by atoms with Gasteiger partial charge in [0, 0.05) is 30.6 Å². The highest BCUT2D eigenvalue weighted by molar-refractivity contribution is 6.30. The first-order valence-electron chi connectivity index (χ1n) is 5.60. The van der Waals surface area contributed by atoms with Crippen molar-refractivity contribution < 1.29 is 9.53 Å². The standard InChI is InChI=1S/C13H15ClO2/c14-12-3-1-10(2-4-12)9-13(15)11-5-7-16-8-6-11/h1-4,11H,5-9H2. The van der Waals surface area contributed by atoms with Gasteiger partial charge < -0.3 is 4.74 Å². The largest absolute Gasteiger partial charge is 0.381 e. The maximum absolute atomic E-state index is 12.0. The quantitative estimate of drug-likeness (QED) is 0.810. The van der Waals surface area contributed by atoms with Gasteiger partial charge >= 0.3 is 0 Å². The van der Waals surface area contributed by atoms with E-state index in [2.05, 4.69) is 0 Å². The minimum atomic E-state index is 0.185. The highest BCUT2D eigenvalue weighted by atomic mass is 35.5. The summed E-state index contributed by atoms with van der Waals surface area (Å²) in [6, 6.07) is 7.49. The topological polar surface area (TPSA) is 26.3 Å². The minimum Gasteiger partial charge on any atom is -0.381 e. The van der Waals surface area contributed by atoms with Crippen LogP contribution >= 0.6 is 11.6 Å². The summed E-state index contributed by atoms with van der Waals surface area (Å²) < 4.78 is 5.25. The predicted octanol–water partition coefficient (Wildman–Crippen LogP) is 2.88. The second kappa shape index (κ2) is 5.46. The van der Waals surface area contributed by atoms with Crippen LogP contribution in [-0.2, 0) is 16.0 Å². The summed E-state index contributed by atoms with van der Waals surface area (Å²) in [5.41, 5.74) is 1.04. The van der Waals surface area contributed by atoms with Crippen LogP contribution in [0.25, 0.3) is 0 Å². The lowest BCUT2D eigenvalue weighted by atomic mass is 9.91. The van der Waals surface area contributed by atoms with E-state index in [1.807, 2.05) is 24.3 Å². The van der Waals surface area contributed by atoms with Crippen LogP contribution in [0.2, 0.25) is 5.02 Å². The van der Waals surface area contributed by atoms with Gasteiger partial charge in [-0.05, 0) is 30.5 Å². The molecule has 0 aliphatic carbocycles. The molecular formula is C13H15ClO2. The molecule has 1 aromatic carbocycles. The summed E-state index contributed by atoms with van der Waals surface area (Å²) in [6.45, 7) is 1.44. The van der Waals surface area contributed by atoms with Crippen molar-refractivity contribution in [1.82, 2.24) is 0 Å². The van der Waals surface area contributed by atoms with Crippen molar-refractivity contribution in [1.29, 1.82) is 0 Å². The van der Waals surface area contributed by atoms with Gasteiger partial charge in [-0.2, -0.15) is 0 Å². The Labute approximate surface area is 101 Å². The van der Waals surface area contributed by atoms with Gasteiger partial charge in [-0.15, -0.1) is 0 Å². The molecule has 16 heavy (non-hydrogen) atoms. The summed E-state index contributed by atoms with van der Waals surface area (Å²) in [4.78, 5) is 12.0. The molecule has 0 saturated carbocycles. The Hall–Kier alpha value is -0.860. The molecule has 1 fully saturated rings. The molecule has 2 rings (SSSR count). The normalized spacial score (nSPS) is 17.3. The van der Waals surface area contributed by atoms with Crippen LogP contribution in [0, 0.1) is 5.92 Å². The van der Waals surface area contributed by atoms with E-state index >= 15 is 0 Å². The number of ether oxygens (including phenoxy) is 1. The zero-order valence-corrected chi connectivity index (χ0v) is 9.87. The van der Waals surface area contributed by atoms with Crippen LogP contribution in [-0.4, -0.2) is 19.0 Å². The number of rotatable bonds is 3. The zero-order chi connectivity index (χ0) is 11.4. The van der Waals surface area contributed by atoms with Crippen LogP contribution in [0.4, 0.5) is 0 Å². The highest BCUT2D eigenvalue weighted by Crippen LogP contribution is 2.18. The molecule has 1 aliphatic rings. The van der Waals surface area contributed by atoms with E-state index < -0.39 is 0 Å². The molecule has 0 N–H and O–H groups in total. The number of carbonyl (C=O) groups excluding carboxylic acids is 1. The van der Waals surface area contributed by atoms with Gasteiger partial charge in [0.15, 0.2) is 0 Å². The van der Waals surface area contributed by atoms with Crippen molar-refractivity contribution in [2.75, 3.05) is 13.2 Å². The first kappa shape index (κ1) is 11.6. The number of halogens is 1. The summed E-state index contributed by atoms with van der Waals surface area (Å²) in [6.07, 6.45) is 2.25. The number of Topliss-reactive ketones (excluding diaryl/α,β-unsaturated/α-hetero) is 1. The maximum Gasteiger partial charge on any atom is 0.140 e. The van der Waals surface area contributed by atoms with Crippen LogP contribution in [0.5, 0.6) is 0 Å². The van der Waals surface area contributed by atoms with Crippen LogP contribution in [0.1, 0.15) is 18.4 Å². The lowest BCUT2D eigenvalue weighted by molar-refractivity contribution is -0.125. The van der Waals surface area contributed by atoms with E-state index in [9.17, 15) is 4.79 Å². The van der Waals surface area contributed by atoms with Gasteiger partial charge in [0.2, 0.25) is 0 Å². The third kappa shape index (κ3) is 3.06. The Morgan fingerprint density at radius 1 is 1.25 bits per heavy atom. The SMILES string of the molecule is O=C(Cc1ccc(Cl)cc1)C1CCOCC1. The van der Waals surface area contributed by atoms with E-state index in [1.165, 1.54) is 0 Å². The van der Waals surface area contributed by atoms with Crippen molar-refractivity contribution in [3.05, 3.63) is 34.9 Å². The first-order chi connectivity index (χ1) is 7.75. The van der Waals surface area contributed by atoms with Crippen LogP contribution in [0.15, 0.2) is 24.3 Å². The first-order valence-corrected chi connectivity index (χ1v) is 5.98. The third-order valence-corrected chi connectivity index (χ3v) is 3.22. The summed E-state index contributed by atoms with van der Waals surface area (Å²) >= 11 is 5.80. The van der Waals surface area contributed by atoms with Crippen LogP contribution in [0.3, 0.4) is 0 Å². The molecular weight excluding hydrogens is 224 g/mol. The Bertz CT molecular complexity index is 353. The predicted molar refractivity (Wildman–Crippen MR) is 63.7 cm³/mol. The summed E-state index contributed by atoms with van der Waals surface area (Å²) in [5, 5.41) is 0.710. The average molecular weight is 239 g/mol. The van der Waals surface area contributed by atoms with Gasteiger partial charge in [0.25, 0.3) is 0 Å². The maximum atomic E-state index is 12.0. The fourth-order valence-corrected chi connectivity index (χ4v) is 2.09. The van der Waals surface area contributed by atoms with E-state index in [1.54, 1.807) is 0 Å². The number of carbonyl (C=O) groups is 1. The number of benzene rings is 1. The van der Waals surface area contributed by atoms with Crippen molar-refractivity contribution in [2.45, 2.75) is 19.3 Å². The summed E-state index contributed by atoms with van der Waals surface area (Å²) in [5.74, 6) is 0.509. The van der Waals surface area contributed by atoms with Crippen molar-refractivity contribution in [3.8, 4) is 0 Å². The lowest BCUT2D eigenvalue weighted by Gasteiger charge is -2.20. The fourth-order valence-electron chi connectivity index (χ4n) is 1.97. The molecule has 0 aromatic heterocycles.